The molecular weight excluding hydrogens is 313 g/mol. The Morgan fingerprint density at radius 1 is 1.24 bits per heavy atom. The Labute approximate surface area is 130 Å². The highest BCUT2D eigenvalue weighted by atomic mass is 35.5. The second-order valence-corrected chi connectivity index (χ2v) is 6.43. The Hall–Kier alpha value is -1.85. The molecule has 1 aliphatic rings. The predicted molar refractivity (Wildman–Crippen MR) is 81.5 cm³/mol. The molecule has 0 saturated heterocycles. The number of carbonyl (C=O) groups is 1. The molecule has 0 bridgehead atoms. The molecule has 1 amide bonds. The molecule has 0 spiro atoms. The number of hydrogen-bond acceptors (Lipinski definition) is 3. The fourth-order valence-corrected chi connectivity index (χ4v) is 2.46. The van der Waals surface area contributed by atoms with Gasteiger partial charge in [0, 0.05) is 17.3 Å². The van der Waals surface area contributed by atoms with Gasteiger partial charge >= 0.3 is 0 Å². The van der Waals surface area contributed by atoms with E-state index >= 15 is 0 Å². The minimum atomic E-state index is -0.927. The molecule has 1 atom stereocenters. The van der Waals surface area contributed by atoms with E-state index in [9.17, 15) is 9.59 Å². The topological polar surface area (TPSA) is 74.8 Å². The molecular formula is C14H11Cl2N3O2. The molecule has 2 aromatic rings. The van der Waals surface area contributed by atoms with Crippen molar-refractivity contribution in [3.05, 3.63) is 46.8 Å². The molecule has 1 aliphatic carbocycles. The van der Waals surface area contributed by atoms with Crippen molar-refractivity contribution >= 4 is 34.8 Å². The Kier molecular flexibility index (Phi) is 3.47. The van der Waals surface area contributed by atoms with E-state index in [1.807, 2.05) is 0 Å². The highest BCUT2D eigenvalue weighted by Gasteiger charge is 2.56. The van der Waals surface area contributed by atoms with E-state index in [0.717, 1.165) is 5.56 Å². The molecule has 2 N–H and O–H groups in total. The lowest BCUT2D eigenvalue weighted by Gasteiger charge is -2.06. The highest BCUT2D eigenvalue weighted by Crippen LogP contribution is 2.53. The van der Waals surface area contributed by atoms with E-state index in [1.54, 1.807) is 30.3 Å². The number of alkyl halides is 2. The molecule has 5 nitrogen and oxygen atoms in total. The van der Waals surface area contributed by atoms with Crippen molar-refractivity contribution < 1.29 is 4.79 Å². The third-order valence-corrected chi connectivity index (χ3v) is 4.11. The van der Waals surface area contributed by atoms with Crippen molar-refractivity contribution in [2.75, 3.05) is 5.32 Å². The van der Waals surface area contributed by atoms with E-state index in [1.165, 1.54) is 6.07 Å². The van der Waals surface area contributed by atoms with Crippen LogP contribution < -0.4 is 10.9 Å². The summed E-state index contributed by atoms with van der Waals surface area (Å²) in [5.41, 5.74) is 1.89. The number of aromatic nitrogens is 2. The van der Waals surface area contributed by atoms with E-state index in [0.29, 0.717) is 17.8 Å². The Morgan fingerprint density at radius 3 is 2.43 bits per heavy atom. The van der Waals surface area contributed by atoms with Crippen LogP contribution in [-0.2, 0) is 4.79 Å². The first-order valence-corrected chi connectivity index (χ1v) is 7.06. The number of anilines is 1. The van der Waals surface area contributed by atoms with E-state index in [2.05, 4.69) is 15.5 Å². The second kappa shape index (κ2) is 5.16. The summed E-state index contributed by atoms with van der Waals surface area (Å²) in [6, 6.07) is 10.2. The number of benzene rings is 1. The summed E-state index contributed by atoms with van der Waals surface area (Å²) < 4.78 is -0.927. The number of hydrogen-bond donors (Lipinski definition) is 2. The van der Waals surface area contributed by atoms with Crippen molar-refractivity contribution in [1.29, 1.82) is 0 Å². The molecule has 1 fully saturated rings. The van der Waals surface area contributed by atoms with Crippen LogP contribution in [0.3, 0.4) is 0 Å². The van der Waals surface area contributed by atoms with Crippen molar-refractivity contribution in [3.8, 4) is 11.3 Å². The SMILES string of the molecule is O=C(Nc1ccc(-c2ccc(=O)[nH]n2)cc1)C1CC1(Cl)Cl. The summed E-state index contributed by atoms with van der Waals surface area (Å²) in [4.78, 5) is 22.8. The molecule has 3 rings (SSSR count). The molecule has 1 unspecified atom stereocenters. The Morgan fingerprint density at radius 2 is 1.90 bits per heavy atom. The van der Waals surface area contributed by atoms with Gasteiger partial charge in [0.15, 0.2) is 0 Å². The third kappa shape index (κ3) is 3.09. The maximum Gasteiger partial charge on any atom is 0.264 e. The van der Waals surface area contributed by atoms with E-state index < -0.39 is 4.33 Å². The highest BCUT2D eigenvalue weighted by molar-refractivity contribution is 6.52. The van der Waals surface area contributed by atoms with Crippen molar-refractivity contribution in [2.45, 2.75) is 10.8 Å². The molecule has 1 aromatic heterocycles. The summed E-state index contributed by atoms with van der Waals surface area (Å²) in [6.07, 6.45) is 0.474. The lowest BCUT2D eigenvalue weighted by atomic mass is 10.1. The zero-order chi connectivity index (χ0) is 15.0. The first kappa shape index (κ1) is 14.1. The number of H-pyrrole nitrogens is 1. The van der Waals surface area contributed by atoms with Crippen LogP contribution in [0.2, 0.25) is 0 Å². The lowest BCUT2D eigenvalue weighted by Crippen LogP contribution is -2.16. The van der Waals surface area contributed by atoms with Gasteiger partial charge in [0.05, 0.1) is 11.6 Å². The normalized spacial score (nSPS) is 19.0. The third-order valence-electron chi connectivity index (χ3n) is 3.27. The van der Waals surface area contributed by atoms with Crippen LogP contribution in [0, 0.1) is 5.92 Å². The quantitative estimate of drug-likeness (QED) is 0.852. The monoisotopic (exact) mass is 323 g/mol. The van der Waals surface area contributed by atoms with Crippen LogP contribution in [-0.4, -0.2) is 20.4 Å². The second-order valence-electron chi connectivity index (χ2n) is 4.89. The number of halogens is 2. The minimum absolute atomic E-state index is 0.185. The fraction of sp³-hybridized carbons (Fsp3) is 0.214. The van der Waals surface area contributed by atoms with Gasteiger partial charge in [0.1, 0.15) is 4.33 Å². The largest absolute Gasteiger partial charge is 0.326 e. The number of nitrogens with one attached hydrogen (secondary N) is 2. The van der Waals surface area contributed by atoms with Gasteiger partial charge in [-0.25, -0.2) is 5.10 Å². The summed E-state index contributed by atoms with van der Waals surface area (Å²) in [5, 5.41) is 9.07. The van der Waals surface area contributed by atoms with Crippen LogP contribution in [0.1, 0.15) is 6.42 Å². The van der Waals surface area contributed by atoms with E-state index in [-0.39, 0.29) is 17.4 Å². The lowest BCUT2D eigenvalue weighted by molar-refractivity contribution is -0.117. The van der Waals surface area contributed by atoms with Crippen LogP contribution in [0.15, 0.2) is 41.2 Å². The van der Waals surface area contributed by atoms with Gasteiger partial charge in [-0.1, -0.05) is 12.1 Å². The van der Waals surface area contributed by atoms with Gasteiger partial charge in [-0.3, -0.25) is 9.59 Å². The average Bonchev–Trinajstić information content (AvgIpc) is 3.10. The molecule has 21 heavy (non-hydrogen) atoms. The van der Waals surface area contributed by atoms with Crippen molar-refractivity contribution in [2.24, 2.45) is 5.92 Å². The maximum absolute atomic E-state index is 11.9. The van der Waals surface area contributed by atoms with Crippen molar-refractivity contribution in [1.82, 2.24) is 10.2 Å². The Bertz CT molecular complexity index is 720. The standard InChI is InChI=1S/C14H11Cl2N3O2/c15-14(16)7-10(14)13(21)17-9-3-1-8(2-4-9)11-5-6-12(20)19-18-11/h1-6,10H,7H2,(H,17,21)(H,19,20). The molecule has 1 heterocycles. The number of carbonyl (C=O) groups excluding carboxylic acids is 1. The number of rotatable bonds is 3. The van der Waals surface area contributed by atoms with Gasteiger partial charge in [-0.2, -0.15) is 5.10 Å². The minimum Gasteiger partial charge on any atom is -0.326 e. The molecule has 108 valence electrons. The number of aromatic amines is 1. The zero-order valence-electron chi connectivity index (χ0n) is 10.8. The average molecular weight is 324 g/mol. The summed E-state index contributed by atoms with van der Waals surface area (Å²) in [6.45, 7) is 0. The van der Waals surface area contributed by atoms with E-state index in [4.69, 9.17) is 23.2 Å². The smallest absolute Gasteiger partial charge is 0.264 e. The molecule has 1 aromatic carbocycles. The zero-order valence-corrected chi connectivity index (χ0v) is 12.3. The summed E-state index contributed by atoms with van der Waals surface area (Å²) in [7, 11) is 0. The first-order valence-electron chi connectivity index (χ1n) is 6.30. The van der Waals surface area contributed by atoms with Gasteiger partial charge in [-0.05, 0) is 24.6 Å². The molecule has 1 saturated carbocycles. The Balaban J connectivity index is 1.71. The van der Waals surface area contributed by atoms with Crippen LogP contribution in [0.25, 0.3) is 11.3 Å². The van der Waals surface area contributed by atoms with Gasteiger partial charge in [0.2, 0.25) is 5.91 Å². The summed E-state index contributed by atoms with van der Waals surface area (Å²) >= 11 is 11.7. The van der Waals surface area contributed by atoms with Crippen molar-refractivity contribution in [3.63, 3.8) is 0 Å². The van der Waals surface area contributed by atoms with Gasteiger partial charge in [-0.15, -0.1) is 23.2 Å². The molecule has 7 heteroatoms. The number of amides is 1. The summed E-state index contributed by atoms with van der Waals surface area (Å²) in [5.74, 6) is -0.545. The maximum atomic E-state index is 11.9. The van der Waals surface area contributed by atoms with Crippen LogP contribution >= 0.6 is 23.2 Å². The predicted octanol–water partition coefficient (Wildman–Crippen LogP) is 2.57. The molecule has 0 radical (unpaired) electrons. The molecule has 0 aliphatic heterocycles. The fourth-order valence-electron chi connectivity index (χ4n) is 1.96. The van der Waals surface area contributed by atoms with Gasteiger partial charge < -0.3 is 5.32 Å². The van der Waals surface area contributed by atoms with Crippen LogP contribution in [0.5, 0.6) is 0 Å². The van der Waals surface area contributed by atoms with Gasteiger partial charge in [0.25, 0.3) is 5.56 Å². The number of nitrogens with zero attached hydrogens (tertiary/aromatic N) is 1. The van der Waals surface area contributed by atoms with Crippen LogP contribution in [0.4, 0.5) is 5.69 Å². The first-order chi connectivity index (χ1) is 9.95.